The molecule has 1 rings (SSSR count). The average Bonchev–Trinajstić information content (AvgIpc) is 2.34. The van der Waals surface area contributed by atoms with E-state index in [0.29, 0.717) is 17.7 Å². The fourth-order valence-electron chi connectivity index (χ4n) is 1.36. The minimum absolute atomic E-state index is 0.0825. The van der Waals surface area contributed by atoms with Crippen LogP contribution in [0.15, 0.2) is 23.1 Å². The molecule has 0 spiro atoms. The molecule has 0 unspecified atom stereocenters. The molecule has 100 valence electrons. The maximum Gasteiger partial charge on any atom is 0.332 e. The number of ether oxygens (including phenoxy) is 1. The number of benzene rings is 1. The molecule has 0 aromatic heterocycles. The molecule has 0 fully saturated rings. The summed E-state index contributed by atoms with van der Waals surface area (Å²) in [6, 6.07) is 3.60. The van der Waals surface area contributed by atoms with E-state index < -0.39 is 15.1 Å². The van der Waals surface area contributed by atoms with Crippen molar-refractivity contribution in [2.45, 2.75) is 24.8 Å². The lowest BCUT2D eigenvalue weighted by molar-refractivity contribution is -0.120. The third-order valence-corrected chi connectivity index (χ3v) is 3.15. The number of amides is 1. The molecule has 0 radical (unpaired) electrons. The molecule has 0 aliphatic rings. The van der Waals surface area contributed by atoms with Crippen LogP contribution >= 0.6 is 0 Å². The molecule has 18 heavy (non-hydrogen) atoms. The van der Waals surface area contributed by atoms with E-state index >= 15 is 0 Å². The van der Waals surface area contributed by atoms with Crippen LogP contribution in [-0.2, 0) is 21.6 Å². The van der Waals surface area contributed by atoms with E-state index in [1.54, 1.807) is 6.92 Å². The Morgan fingerprint density at radius 2 is 2.11 bits per heavy atom. The topological polar surface area (TPSA) is 72.5 Å². The SMILES string of the molecule is CCC(=O)NCc1cc(S(=O)(=O)F)ccc1OC. The second-order valence-corrected chi connectivity index (χ2v) is 4.89. The fourth-order valence-corrected chi connectivity index (χ4v) is 1.88. The van der Waals surface area contributed by atoms with Crippen LogP contribution < -0.4 is 10.1 Å². The van der Waals surface area contributed by atoms with Gasteiger partial charge in [0.15, 0.2) is 0 Å². The van der Waals surface area contributed by atoms with Gasteiger partial charge in [-0.1, -0.05) is 6.92 Å². The van der Waals surface area contributed by atoms with Crippen LogP contribution in [0.2, 0.25) is 0 Å². The number of halogens is 1. The van der Waals surface area contributed by atoms with Gasteiger partial charge in [0, 0.05) is 18.5 Å². The predicted octanol–water partition coefficient (Wildman–Crippen LogP) is 1.38. The number of carbonyl (C=O) groups is 1. The van der Waals surface area contributed by atoms with Crippen molar-refractivity contribution in [3.8, 4) is 5.75 Å². The zero-order chi connectivity index (χ0) is 13.8. The van der Waals surface area contributed by atoms with Gasteiger partial charge < -0.3 is 10.1 Å². The molecular formula is C11H14FNO4S. The molecule has 0 heterocycles. The van der Waals surface area contributed by atoms with Crippen molar-refractivity contribution in [3.63, 3.8) is 0 Å². The van der Waals surface area contributed by atoms with Crippen molar-refractivity contribution < 1.29 is 21.8 Å². The number of nitrogens with one attached hydrogen (secondary N) is 1. The Kier molecular flexibility index (Phi) is 4.66. The molecule has 7 heteroatoms. The van der Waals surface area contributed by atoms with Crippen molar-refractivity contribution >= 4 is 16.1 Å². The van der Waals surface area contributed by atoms with Gasteiger partial charge in [-0.2, -0.15) is 8.42 Å². The average molecular weight is 275 g/mol. The maximum absolute atomic E-state index is 12.8. The van der Waals surface area contributed by atoms with E-state index in [-0.39, 0.29) is 12.5 Å². The smallest absolute Gasteiger partial charge is 0.332 e. The van der Waals surface area contributed by atoms with Gasteiger partial charge in [0.05, 0.1) is 12.0 Å². The van der Waals surface area contributed by atoms with E-state index in [0.717, 1.165) is 12.1 Å². The van der Waals surface area contributed by atoms with Crippen LogP contribution in [0.1, 0.15) is 18.9 Å². The third kappa shape index (κ3) is 3.69. The zero-order valence-corrected chi connectivity index (χ0v) is 10.9. The molecule has 1 aromatic rings. The van der Waals surface area contributed by atoms with Crippen LogP contribution in [0.4, 0.5) is 3.89 Å². The molecule has 0 bridgehead atoms. The van der Waals surface area contributed by atoms with Crippen molar-refractivity contribution in [2.75, 3.05) is 7.11 Å². The Balaban J connectivity index is 3.03. The number of hydrogen-bond donors (Lipinski definition) is 1. The summed E-state index contributed by atoms with van der Waals surface area (Å²) in [6.45, 7) is 1.77. The highest BCUT2D eigenvalue weighted by atomic mass is 32.3. The second-order valence-electron chi connectivity index (χ2n) is 3.54. The number of methoxy groups -OCH3 is 1. The molecule has 0 saturated heterocycles. The lowest BCUT2D eigenvalue weighted by Gasteiger charge is -2.10. The van der Waals surface area contributed by atoms with Crippen LogP contribution in [0.3, 0.4) is 0 Å². The first-order chi connectivity index (χ1) is 8.38. The summed E-state index contributed by atoms with van der Waals surface area (Å²) in [5.41, 5.74) is 0.401. The van der Waals surface area contributed by atoms with Crippen LogP contribution in [0.5, 0.6) is 5.75 Å². The highest BCUT2D eigenvalue weighted by molar-refractivity contribution is 7.86. The summed E-state index contributed by atoms with van der Waals surface area (Å²) in [5.74, 6) is 0.198. The van der Waals surface area contributed by atoms with Gasteiger partial charge in [0.25, 0.3) is 0 Å². The fraction of sp³-hybridized carbons (Fsp3) is 0.364. The number of carbonyl (C=O) groups excluding carboxylic acids is 1. The lowest BCUT2D eigenvalue weighted by atomic mass is 10.2. The van der Waals surface area contributed by atoms with Gasteiger partial charge in [-0.3, -0.25) is 4.79 Å². The number of rotatable bonds is 5. The van der Waals surface area contributed by atoms with Gasteiger partial charge >= 0.3 is 10.2 Å². The van der Waals surface area contributed by atoms with Gasteiger partial charge in [0.1, 0.15) is 5.75 Å². The van der Waals surface area contributed by atoms with E-state index in [2.05, 4.69) is 5.32 Å². The van der Waals surface area contributed by atoms with Crippen molar-refractivity contribution in [1.82, 2.24) is 5.32 Å². The first kappa shape index (κ1) is 14.4. The summed E-state index contributed by atoms with van der Waals surface area (Å²) in [7, 11) is -3.36. The van der Waals surface area contributed by atoms with E-state index in [4.69, 9.17) is 4.74 Å². The maximum atomic E-state index is 12.8. The minimum atomic E-state index is -4.76. The molecular weight excluding hydrogens is 261 g/mol. The molecule has 1 N–H and O–H groups in total. The summed E-state index contributed by atoms with van der Waals surface area (Å²) in [5, 5.41) is 2.57. The van der Waals surface area contributed by atoms with Crippen molar-refractivity contribution in [2.24, 2.45) is 0 Å². The van der Waals surface area contributed by atoms with Gasteiger partial charge in [-0.25, -0.2) is 0 Å². The molecule has 0 aliphatic heterocycles. The van der Waals surface area contributed by atoms with Crippen molar-refractivity contribution in [1.29, 1.82) is 0 Å². The van der Waals surface area contributed by atoms with Gasteiger partial charge in [-0.05, 0) is 18.2 Å². The minimum Gasteiger partial charge on any atom is -0.496 e. The Hall–Kier alpha value is -1.63. The van der Waals surface area contributed by atoms with Crippen LogP contribution in [-0.4, -0.2) is 21.4 Å². The lowest BCUT2D eigenvalue weighted by Crippen LogP contribution is -2.21. The normalized spacial score (nSPS) is 11.1. The van der Waals surface area contributed by atoms with E-state index in [9.17, 15) is 17.1 Å². The Bertz CT molecular complexity index is 542. The van der Waals surface area contributed by atoms with E-state index in [1.165, 1.54) is 13.2 Å². The Labute approximate surface area is 105 Å². The highest BCUT2D eigenvalue weighted by Gasteiger charge is 2.15. The van der Waals surface area contributed by atoms with Gasteiger partial charge in [-0.15, -0.1) is 3.89 Å². The molecule has 0 atom stereocenters. The largest absolute Gasteiger partial charge is 0.496 e. The molecule has 1 amide bonds. The molecule has 1 aromatic carbocycles. The standard InChI is InChI=1S/C11H14FNO4S/c1-3-11(14)13-7-8-6-9(18(12,15)16)4-5-10(8)17-2/h4-6H,3,7H2,1-2H3,(H,13,14). The Morgan fingerprint density at radius 3 is 2.61 bits per heavy atom. The van der Waals surface area contributed by atoms with Gasteiger partial charge in [0.2, 0.25) is 5.91 Å². The first-order valence-electron chi connectivity index (χ1n) is 5.26. The first-order valence-corrected chi connectivity index (χ1v) is 6.65. The predicted molar refractivity (Wildman–Crippen MR) is 63.4 cm³/mol. The Morgan fingerprint density at radius 1 is 1.44 bits per heavy atom. The zero-order valence-electron chi connectivity index (χ0n) is 10.1. The quantitative estimate of drug-likeness (QED) is 0.824. The second kappa shape index (κ2) is 5.81. The molecule has 5 nitrogen and oxygen atoms in total. The van der Waals surface area contributed by atoms with Crippen LogP contribution in [0, 0.1) is 0 Å². The summed E-state index contributed by atoms with van der Waals surface area (Å²) >= 11 is 0. The summed E-state index contributed by atoms with van der Waals surface area (Å²) in [4.78, 5) is 10.7. The third-order valence-electron chi connectivity index (χ3n) is 2.33. The highest BCUT2D eigenvalue weighted by Crippen LogP contribution is 2.23. The summed E-state index contributed by atoms with van der Waals surface area (Å²) in [6.07, 6.45) is 0.309. The van der Waals surface area contributed by atoms with Crippen LogP contribution in [0.25, 0.3) is 0 Å². The van der Waals surface area contributed by atoms with Crippen molar-refractivity contribution in [3.05, 3.63) is 23.8 Å². The van der Waals surface area contributed by atoms with E-state index in [1.807, 2.05) is 0 Å². The molecule has 0 aliphatic carbocycles. The number of hydrogen-bond acceptors (Lipinski definition) is 4. The summed E-state index contributed by atoms with van der Waals surface area (Å²) < 4.78 is 39.4. The molecule has 0 saturated carbocycles. The monoisotopic (exact) mass is 275 g/mol.